The van der Waals surface area contributed by atoms with Crippen LogP contribution in [-0.2, 0) is 6.54 Å². The fraction of sp³-hybridized carbons (Fsp3) is 0.263. The van der Waals surface area contributed by atoms with Crippen molar-refractivity contribution in [3.63, 3.8) is 0 Å². The SMILES string of the molecule is Cc1ccc(C)c(NC(=O)c2ccc(Cn3nc(C(F)F)cc3C(F)F)o2)c1. The fourth-order valence-corrected chi connectivity index (χ4v) is 2.65. The van der Waals surface area contributed by atoms with Gasteiger partial charge in [-0.2, -0.15) is 5.10 Å². The number of benzene rings is 1. The van der Waals surface area contributed by atoms with E-state index in [4.69, 9.17) is 4.42 Å². The molecule has 5 nitrogen and oxygen atoms in total. The first-order chi connectivity index (χ1) is 13.2. The Morgan fingerprint density at radius 1 is 1.11 bits per heavy atom. The van der Waals surface area contributed by atoms with Gasteiger partial charge in [0, 0.05) is 5.69 Å². The molecule has 0 saturated carbocycles. The van der Waals surface area contributed by atoms with Crippen LogP contribution in [0.25, 0.3) is 0 Å². The summed E-state index contributed by atoms with van der Waals surface area (Å²) in [7, 11) is 0. The molecule has 0 spiro atoms. The Kier molecular flexibility index (Phi) is 5.53. The van der Waals surface area contributed by atoms with Crippen molar-refractivity contribution >= 4 is 11.6 Å². The van der Waals surface area contributed by atoms with Crippen LogP contribution in [0.15, 0.2) is 40.8 Å². The highest BCUT2D eigenvalue weighted by atomic mass is 19.3. The molecule has 2 aromatic heterocycles. The van der Waals surface area contributed by atoms with Gasteiger partial charge >= 0.3 is 0 Å². The maximum Gasteiger partial charge on any atom is 0.291 e. The molecule has 0 saturated heterocycles. The van der Waals surface area contributed by atoms with Crippen LogP contribution in [0.2, 0.25) is 0 Å². The molecule has 0 bridgehead atoms. The Labute approximate surface area is 158 Å². The van der Waals surface area contributed by atoms with Crippen molar-refractivity contribution in [1.82, 2.24) is 9.78 Å². The fourth-order valence-electron chi connectivity index (χ4n) is 2.65. The number of carbonyl (C=O) groups excluding carboxylic acids is 1. The van der Waals surface area contributed by atoms with Crippen LogP contribution < -0.4 is 5.32 Å². The van der Waals surface area contributed by atoms with Gasteiger partial charge in [0.25, 0.3) is 18.8 Å². The van der Waals surface area contributed by atoms with Gasteiger partial charge in [0.2, 0.25) is 0 Å². The quantitative estimate of drug-likeness (QED) is 0.579. The summed E-state index contributed by atoms with van der Waals surface area (Å²) in [5.41, 5.74) is 1.07. The lowest BCUT2D eigenvalue weighted by Crippen LogP contribution is -2.12. The Balaban J connectivity index is 1.77. The normalized spacial score (nSPS) is 11.4. The number of aryl methyl sites for hydroxylation is 2. The number of aromatic nitrogens is 2. The molecule has 0 aliphatic rings. The van der Waals surface area contributed by atoms with Gasteiger partial charge in [0.05, 0.1) is 6.54 Å². The highest BCUT2D eigenvalue weighted by Gasteiger charge is 2.22. The molecule has 0 radical (unpaired) electrons. The minimum Gasteiger partial charge on any atom is -0.454 e. The van der Waals surface area contributed by atoms with Crippen LogP contribution in [-0.4, -0.2) is 15.7 Å². The summed E-state index contributed by atoms with van der Waals surface area (Å²) in [6.45, 7) is 3.42. The third-order valence-corrected chi connectivity index (χ3v) is 4.11. The number of nitrogens with zero attached hydrogens (tertiary/aromatic N) is 2. The number of hydrogen-bond acceptors (Lipinski definition) is 3. The standard InChI is InChI=1S/C19H17F4N3O2/c1-10-3-4-11(2)13(7-10)24-19(27)16-6-5-12(28-16)9-26-15(18(22)23)8-14(25-26)17(20)21/h3-8,17-18H,9H2,1-2H3,(H,24,27). The van der Waals surface area contributed by atoms with E-state index in [0.717, 1.165) is 15.8 Å². The zero-order valence-electron chi connectivity index (χ0n) is 15.0. The summed E-state index contributed by atoms with van der Waals surface area (Å²) < 4.78 is 57.7. The first-order valence-corrected chi connectivity index (χ1v) is 8.36. The van der Waals surface area contributed by atoms with Gasteiger partial charge in [-0.15, -0.1) is 0 Å². The molecule has 9 heteroatoms. The lowest BCUT2D eigenvalue weighted by molar-refractivity contribution is 0.0994. The molecule has 28 heavy (non-hydrogen) atoms. The van der Waals surface area contributed by atoms with Crippen molar-refractivity contribution in [2.75, 3.05) is 5.32 Å². The maximum atomic E-state index is 13.1. The van der Waals surface area contributed by atoms with Crippen LogP contribution in [0.5, 0.6) is 0 Å². The maximum absolute atomic E-state index is 13.1. The molecule has 1 amide bonds. The van der Waals surface area contributed by atoms with Gasteiger partial charge in [-0.1, -0.05) is 12.1 Å². The topological polar surface area (TPSA) is 60.1 Å². The van der Waals surface area contributed by atoms with Crippen molar-refractivity contribution < 1.29 is 26.8 Å². The summed E-state index contributed by atoms with van der Waals surface area (Å²) in [6.07, 6.45) is -5.93. The van der Waals surface area contributed by atoms with Crippen molar-refractivity contribution in [3.8, 4) is 0 Å². The lowest BCUT2D eigenvalue weighted by atomic mass is 10.1. The second-order valence-electron chi connectivity index (χ2n) is 6.29. The van der Waals surface area contributed by atoms with Gasteiger partial charge < -0.3 is 9.73 Å². The zero-order valence-corrected chi connectivity index (χ0v) is 15.0. The first kappa shape index (κ1) is 19.7. The van der Waals surface area contributed by atoms with E-state index in [0.29, 0.717) is 11.8 Å². The van der Waals surface area contributed by atoms with Crippen LogP contribution >= 0.6 is 0 Å². The summed E-state index contributed by atoms with van der Waals surface area (Å²) >= 11 is 0. The van der Waals surface area contributed by atoms with Crippen molar-refractivity contribution in [2.24, 2.45) is 0 Å². The molecule has 3 aromatic rings. The number of halogens is 4. The van der Waals surface area contributed by atoms with Crippen LogP contribution in [0, 0.1) is 13.8 Å². The molecule has 0 aliphatic heterocycles. The Morgan fingerprint density at radius 3 is 2.54 bits per heavy atom. The average molecular weight is 395 g/mol. The highest BCUT2D eigenvalue weighted by Crippen LogP contribution is 2.26. The summed E-state index contributed by atoms with van der Waals surface area (Å²) in [4.78, 5) is 12.4. The Bertz CT molecular complexity index is 995. The predicted molar refractivity (Wildman–Crippen MR) is 93.8 cm³/mol. The monoisotopic (exact) mass is 395 g/mol. The predicted octanol–water partition coefficient (Wildman–Crippen LogP) is 5.27. The van der Waals surface area contributed by atoms with Gasteiger partial charge in [-0.3, -0.25) is 9.48 Å². The number of rotatable bonds is 6. The van der Waals surface area contributed by atoms with Crippen molar-refractivity contribution in [3.05, 3.63) is 70.4 Å². The molecule has 0 fully saturated rings. The molecular weight excluding hydrogens is 378 g/mol. The molecule has 0 unspecified atom stereocenters. The first-order valence-electron chi connectivity index (χ1n) is 8.36. The highest BCUT2D eigenvalue weighted by molar-refractivity contribution is 6.02. The van der Waals surface area contributed by atoms with Gasteiger partial charge in [0.1, 0.15) is 17.1 Å². The van der Waals surface area contributed by atoms with E-state index in [1.807, 2.05) is 32.0 Å². The van der Waals surface area contributed by atoms with Crippen LogP contribution in [0.3, 0.4) is 0 Å². The van der Waals surface area contributed by atoms with Crippen LogP contribution in [0.1, 0.15) is 51.7 Å². The lowest BCUT2D eigenvalue weighted by Gasteiger charge is -2.08. The Hall–Kier alpha value is -3.10. The van der Waals surface area contributed by atoms with E-state index in [-0.39, 0.29) is 18.1 Å². The second kappa shape index (κ2) is 7.87. The van der Waals surface area contributed by atoms with E-state index >= 15 is 0 Å². The van der Waals surface area contributed by atoms with E-state index in [1.165, 1.54) is 12.1 Å². The number of alkyl halides is 4. The molecule has 0 atom stereocenters. The Morgan fingerprint density at radius 2 is 1.86 bits per heavy atom. The average Bonchev–Trinajstić information content (AvgIpc) is 3.26. The van der Waals surface area contributed by atoms with Gasteiger partial charge in [0.15, 0.2) is 5.76 Å². The number of nitrogens with one attached hydrogen (secondary N) is 1. The summed E-state index contributed by atoms with van der Waals surface area (Å²) in [5.74, 6) is -0.407. The molecule has 2 heterocycles. The molecule has 3 rings (SSSR count). The molecule has 148 valence electrons. The number of hydrogen-bond donors (Lipinski definition) is 1. The zero-order chi connectivity index (χ0) is 20.4. The summed E-state index contributed by atoms with van der Waals surface area (Å²) in [6, 6.07) is 9.04. The second-order valence-corrected chi connectivity index (χ2v) is 6.29. The third kappa shape index (κ3) is 4.24. The minimum atomic E-state index is -2.97. The van der Waals surface area contributed by atoms with E-state index < -0.39 is 30.1 Å². The third-order valence-electron chi connectivity index (χ3n) is 4.11. The molecule has 1 N–H and O–H groups in total. The van der Waals surface area contributed by atoms with Crippen molar-refractivity contribution in [1.29, 1.82) is 0 Å². The minimum absolute atomic E-state index is 0.0317. The van der Waals surface area contributed by atoms with Gasteiger partial charge in [-0.05, 0) is 49.2 Å². The number of furan rings is 1. The molecule has 0 aliphatic carbocycles. The number of anilines is 1. The van der Waals surface area contributed by atoms with Crippen LogP contribution in [0.4, 0.5) is 23.2 Å². The number of carbonyl (C=O) groups is 1. The summed E-state index contributed by atoms with van der Waals surface area (Å²) in [5, 5.41) is 6.21. The van der Waals surface area contributed by atoms with E-state index in [1.54, 1.807) is 0 Å². The van der Waals surface area contributed by atoms with E-state index in [2.05, 4.69) is 10.4 Å². The molecule has 1 aromatic carbocycles. The largest absolute Gasteiger partial charge is 0.454 e. The molecular formula is C19H17F4N3O2. The van der Waals surface area contributed by atoms with E-state index in [9.17, 15) is 22.4 Å². The number of amides is 1. The van der Waals surface area contributed by atoms with Gasteiger partial charge in [-0.25, -0.2) is 17.6 Å². The smallest absolute Gasteiger partial charge is 0.291 e. The van der Waals surface area contributed by atoms with Crippen molar-refractivity contribution in [2.45, 2.75) is 33.2 Å².